The molecular formula is C19H20N2O4. The maximum absolute atomic E-state index is 12.2. The van der Waals surface area contributed by atoms with Gasteiger partial charge in [-0.3, -0.25) is 9.59 Å². The summed E-state index contributed by atoms with van der Waals surface area (Å²) in [6, 6.07) is 12.2. The lowest BCUT2D eigenvalue weighted by atomic mass is 10.0. The Labute approximate surface area is 145 Å². The van der Waals surface area contributed by atoms with Crippen LogP contribution in [0.5, 0.6) is 11.5 Å². The van der Waals surface area contributed by atoms with Crippen molar-refractivity contribution in [2.24, 2.45) is 5.73 Å². The molecular weight excluding hydrogens is 320 g/mol. The van der Waals surface area contributed by atoms with E-state index in [1.807, 2.05) is 26.0 Å². The topological polar surface area (TPSA) is 90.6 Å². The number of ether oxygens (including phenoxy) is 2. The normalized spacial score (nSPS) is 14.3. The van der Waals surface area contributed by atoms with Crippen molar-refractivity contribution in [2.45, 2.75) is 25.9 Å². The summed E-state index contributed by atoms with van der Waals surface area (Å²) >= 11 is 0. The SMILES string of the molecule is CC1(C)Cc2cccc(OCC(=O)Nc3ccccc3C(N)=O)c2O1. The largest absolute Gasteiger partial charge is 0.483 e. The molecule has 1 aliphatic rings. The molecule has 2 amide bonds. The summed E-state index contributed by atoms with van der Waals surface area (Å²) in [5, 5.41) is 2.64. The van der Waals surface area contributed by atoms with Gasteiger partial charge in [0.2, 0.25) is 0 Å². The van der Waals surface area contributed by atoms with Crippen LogP contribution in [-0.4, -0.2) is 24.0 Å². The number of benzene rings is 2. The minimum atomic E-state index is -0.603. The van der Waals surface area contributed by atoms with Crippen molar-refractivity contribution >= 4 is 17.5 Å². The fourth-order valence-electron chi connectivity index (χ4n) is 2.84. The van der Waals surface area contributed by atoms with Crippen LogP contribution in [0.15, 0.2) is 42.5 Å². The Hall–Kier alpha value is -3.02. The Morgan fingerprint density at radius 1 is 1.20 bits per heavy atom. The molecule has 0 fully saturated rings. The first-order valence-corrected chi connectivity index (χ1v) is 7.98. The molecule has 0 spiro atoms. The summed E-state index contributed by atoms with van der Waals surface area (Å²) in [7, 11) is 0. The number of nitrogens with one attached hydrogen (secondary N) is 1. The van der Waals surface area contributed by atoms with Crippen LogP contribution in [0.1, 0.15) is 29.8 Å². The fourth-order valence-corrected chi connectivity index (χ4v) is 2.84. The number of fused-ring (bicyclic) bond motifs is 1. The number of anilines is 1. The first-order chi connectivity index (χ1) is 11.9. The Balaban J connectivity index is 1.67. The number of carbonyl (C=O) groups is 2. The van der Waals surface area contributed by atoms with E-state index in [0.717, 1.165) is 12.0 Å². The van der Waals surface area contributed by atoms with Gasteiger partial charge in [-0.15, -0.1) is 0 Å². The van der Waals surface area contributed by atoms with Gasteiger partial charge >= 0.3 is 0 Å². The predicted octanol–water partition coefficient (Wildman–Crippen LogP) is 2.52. The van der Waals surface area contributed by atoms with Gasteiger partial charge < -0.3 is 20.5 Å². The highest BCUT2D eigenvalue weighted by Crippen LogP contribution is 2.41. The van der Waals surface area contributed by atoms with Crippen LogP contribution in [0, 0.1) is 0 Å². The zero-order chi connectivity index (χ0) is 18.0. The van der Waals surface area contributed by atoms with Crippen LogP contribution in [-0.2, 0) is 11.2 Å². The lowest BCUT2D eigenvalue weighted by Gasteiger charge is -2.18. The molecule has 0 saturated carbocycles. The molecule has 6 heteroatoms. The van der Waals surface area contributed by atoms with E-state index in [2.05, 4.69) is 5.32 Å². The van der Waals surface area contributed by atoms with E-state index in [-0.39, 0.29) is 23.7 Å². The summed E-state index contributed by atoms with van der Waals surface area (Å²) in [4.78, 5) is 23.6. The molecule has 25 heavy (non-hydrogen) atoms. The van der Waals surface area contributed by atoms with Crippen molar-refractivity contribution in [3.63, 3.8) is 0 Å². The summed E-state index contributed by atoms with van der Waals surface area (Å²) in [6.07, 6.45) is 0.789. The van der Waals surface area contributed by atoms with Crippen molar-refractivity contribution in [2.75, 3.05) is 11.9 Å². The molecule has 130 valence electrons. The number of nitrogens with two attached hydrogens (primary N) is 1. The minimum absolute atomic E-state index is 0.201. The number of amides is 2. The summed E-state index contributed by atoms with van der Waals surface area (Å²) in [5.74, 6) is 0.219. The molecule has 1 heterocycles. The number of hydrogen-bond acceptors (Lipinski definition) is 4. The highest BCUT2D eigenvalue weighted by Gasteiger charge is 2.32. The second kappa shape index (κ2) is 6.47. The third-order valence-corrected chi connectivity index (χ3v) is 3.88. The molecule has 0 bridgehead atoms. The molecule has 2 aromatic carbocycles. The zero-order valence-corrected chi connectivity index (χ0v) is 14.2. The van der Waals surface area contributed by atoms with Gasteiger partial charge in [0.1, 0.15) is 5.60 Å². The van der Waals surface area contributed by atoms with Gasteiger partial charge in [0.25, 0.3) is 11.8 Å². The average Bonchev–Trinajstić information content (AvgIpc) is 2.87. The van der Waals surface area contributed by atoms with Crippen molar-refractivity contribution in [1.29, 1.82) is 0 Å². The van der Waals surface area contributed by atoms with Crippen molar-refractivity contribution in [3.8, 4) is 11.5 Å². The van der Waals surface area contributed by atoms with E-state index in [1.54, 1.807) is 30.3 Å². The van der Waals surface area contributed by atoms with Crippen molar-refractivity contribution in [1.82, 2.24) is 0 Å². The summed E-state index contributed by atoms with van der Waals surface area (Å²) in [5.41, 5.74) is 6.69. The Bertz CT molecular complexity index is 830. The van der Waals surface area contributed by atoms with Gasteiger partial charge in [-0.05, 0) is 32.0 Å². The van der Waals surface area contributed by atoms with E-state index >= 15 is 0 Å². The Kier molecular flexibility index (Phi) is 4.35. The molecule has 0 aliphatic carbocycles. The summed E-state index contributed by atoms with van der Waals surface area (Å²) in [6.45, 7) is 3.81. The molecule has 3 N–H and O–H groups in total. The number of hydrogen-bond donors (Lipinski definition) is 2. The van der Waals surface area contributed by atoms with Crippen LogP contribution < -0.4 is 20.5 Å². The second-order valence-corrected chi connectivity index (χ2v) is 6.53. The van der Waals surface area contributed by atoms with Crippen molar-refractivity contribution < 1.29 is 19.1 Å². The molecule has 0 saturated heterocycles. The van der Waals surface area contributed by atoms with Crippen molar-refractivity contribution in [3.05, 3.63) is 53.6 Å². The lowest BCUT2D eigenvalue weighted by Crippen LogP contribution is -2.25. The maximum Gasteiger partial charge on any atom is 0.262 e. The van der Waals surface area contributed by atoms with Crippen LogP contribution in [0.25, 0.3) is 0 Å². The van der Waals surface area contributed by atoms with Gasteiger partial charge in [-0.2, -0.15) is 0 Å². The summed E-state index contributed by atoms with van der Waals surface area (Å²) < 4.78 is 11.5. The number of para-hydroxylation sites is 2. The molecule has 2 aromatic rings. The van der Waals surface area contributed by atoms with Gasteiger partial charge in [-0.1, -0.05) is 24.3 Å². The first-order valence-electron chi connectivity index (χ1n) is 7.98. The number of primary amides is 1. The minimum Gasteiger partial charge on any atom is -0.483 e. The molecule has 6 nitrogen and oxygen atoms in total. The maximum atomic E-state index is 12.2. The van der Waals surface area contributed by atoms with Gasteiger partial charge in [0.05, 0.1) is 11.3 Å². The predicted molar refractivity (Wildman–Crippen MR) is 93.9 cm³/mol. The lowest BCUT2D eigenvalue weighted by molar-refractivity contribution is -0.118. The van der Waals surface area contributed by atoms with Crippen LogP contribution in [0.4, 0.5) is 5.69 Å². The number of rotatable bonds is 5. The highest BCUT2D eigenvalue weighted by molar-refractivity contribution is 6.03. The molecule has 0 unspecified atom stereocenters. The molecule has 1 aliphatic heterocycles. The fraction of sp³-hybridized carbons (Fsp3) is 0.263. The van der Waals surface area contributed by atoms with Gasteiger partial charge in [-0.25, -0.2) is 0 Å². The van der Waals surface area contributed by atoms with E-state index in [1.165, 1.54) is 0 Å². The third kappa shape index (κ3) is 3.74. The van der Waals surface area contributed by atoms with Gasteiger partial charge in [0, 0.05) is 12.0 Å². The van der Waals surface area contributed by atoms with E-state index in [0.29, 0.717) is 17.2 Å². The number of carbonyl (C=O) groups excluding carboxylic acids is 2. The van der Waals surface area contributed by atoms with E-state index in [4.69, 9.17) is 15.2 Å². The van der Waals surface area contributed by atoms with Crippen LogP contribution in [0.3, 0.4) is 0 Å². The highest BCUT2D eigenvalue weighted by atomic mass is 16.5. The monoisotopic (exact) mass is 340 g/mol. The molecule has 0 aromatic heterocycles. The first kappa shape index (κ1) is 16.8. The molecule has 0 atom stereocenters. The van der Waals surface area contributed by atoms with E-state index in [9.17, 15) is 9.59 Å². The zero-order valence-electron chi connectivity index (χ0n) is 14.2. The third-order valence-electron chi connectivity index (χ3n) is 3.88. The smallest absolute Gasteiger partial charge is 0.262 e. The molecule has 0 radical (unpaired) electrons. The Morgan fingerprint density at radius 3 is 2.72 bits per heavy atom. The Morgan fingerprint density at radius 2 is 1.96 bits per heavy atom. The standard InChI is InChI=1S/C19H20N2O4/c1-19(2)10-12-6-5-9-15(17(12)25-19)24-11-16(22)21-14-8-4-3-7-13(14)18(20)23/h3-9H,10-11H2,1-2H3,(H2,20,23)(H,21,22). The van der Waals surface area contributed by atoms with Gasteiger partial charge in [0.15, 0.2) is 18.1 Å². The second-order valence-electron chi connectivity index (χ2n) is 6.53. The van der Waals surface area contributed by atoms with Crippen LogP contribution in [0.2, 0.25) is 0 Å². The quantitative estimate of drug-likeness (QED) is 0.875. The van der Waals surface area contributed by atoms with E-state index < -0.39 is 5.91 Å². The van der Waals surface area contributed by atoms with Crippen LogP contribution >= 0.6 is 0 Å². The average molecular weight is 340 g/mol. The molecule has 3 rings (SSSR count).